The summed E-state index contributed by atoms with van der Waals surface area (Å²) in [5, 5.41) is 3.93. The SMILES string of the molecule is CCC1CCCCC1NC1CCN(C(=O)C2CC2)CC1. The lowest BCUT2D eigenvalue weighted by molar-refractivity contribution is -0.133. The number of rotatable bonds is 4. The van der Waals surface area contributed by atoms with Crippen molar-refractivity contribution in [3.05, 3.63) is 0 Å². The Labute approximate surface area is 123 Å². The van der Waals surface area contributed by atoms with Gasteiger partial charge >= 0.3 is 0 Å². The van der Waals surface area contributed by atoms with Crippen LogP contribution in [0.4, 0.5) is 0 Å². The molecule has 1 aliphatic heterocycles. The Kier molecular flexibility index (Phi) is 4.65. The highest BCUT2D eigenvalue weighted by atomic mass is 16.2. The van der Waals surface area contributed by atoms with Gasteiger partial charge in [0.2, 0.25) is 5.91 Å². The van der Waals surface area contributed by atoms with E-state index in [0.717, 1.165) is 50.7 Å². The summed E-state index contributed by atoms with van der Waals surface area (Å²) in [6.45, 7) is 4.30. The molecule has 0 aromatic heterocycles. The molecule has 3 heteroatoms. The van der Waals surface area contributed by atoms with Crippen molar-refractivity contribution in [2.45, 2.75) is 76.8 Å². The number of piperidine rings is 1. The first-order valence-electron chi connectivity index (χ1n) is 8.82. The number of hydrogen-bond acceptors (Lipinski definition) is 2. The normalized spacial score (nSPS) is 32.4. The molecule has 2 unspecified atom stereocenters. The predicted octanol–water partition coefficient (Wildman–Crippen LogP) is 2.95. The average molecular weight is 278 g/mol. The van der Waals surface area contributed by atoms with Crippen LogP contribution in [-0.2, 0) is 4.79 Å². The highest BCUT2D eigenvalue weighted by Gasteiger charge is 2.35. The maximum atomic E-state index is 12.1. The number of hydrogen-bond donors (Lipinski definition) is 1. The highest BCUT2D eigenvalue weighted by molar-refractivity contribution is 5.81. The molecule has 3 nitrogen and oxygen atoms in total. The van der Waals surface area contributed by atoms with E-state index in [9.17, 15) is 4.79 Å². The minimum atomic E-state index is 0.391. The molecule has 1 amide bonds. The molecule has 0 aromatic carbocycles. The lowest BCUT2D eigenvalue weighted by Gasteiger charge is -2.38. The van der Waals surface area contributed by atoms with Crippen LogP contribution in [0.25, 0.3) is 0 Å². The molecule has 1 saturated heterocycles. The van der Waals surface area contributed by atoms with Gasteiger partial charge in [0.25, 0.3) is 0 Å². The van der Waals surface area contributed by atoms with Crippen molar-refractivity contribution in [2.75, 3.05) is 13.1 Å². The number of nitrogens with one attached hydrogen (secondary N) is 1. The van der Waals surface area contributed by atoms with Crippen LogP contribution in [0, 0.1) is 11.8 Å². The Morgan fingerprint density at radius 3 is 2.40 bits per heavy atom. The van der Waals surface area contributed by atoms with Gasteiger partial charge in [0.15, 0.2) is 0 Å². The molecule has 2 saturated carbocycles. The van der Waals surface area contributed by atoms with E-state index in [1.165, 1.54) is 32.1 Å². The van der Waals surface area contributed by atoms with Gasteiger partial charge in [-0.25, -0.2) is 0 Å². The van der Waals surface area contributed by atoms with Crippen molar-refractivity contribution in [3.63, 3.8) is 0 Å². The van der Waals surface area contributed by atoms with E-state index in [0.29, 0.717) is 17.9 Å². The minimum Gasteiger partial charge on any atom is -0.342 e. The molecular formula is C17H30N2O. The molecule has 0 radical (unpaired) electrons. The molecule has 0 spiro atoms. The third kappa shape index (κ3) is 3.36. The molecule has 1 N–H and O–H groups in total. The molecule has 3 rings (SSSR count). The standard InChI is InChI=1S/C17H30N2O/c1-2-13-5-3-4-6-16(13)18-15-9-11-19(12-10-15)17(20)14-7-8-14/h13-16,18H,2-12H2,1H3. The van der Waals surface area contributed by atoms with Gasteiger partial charge in [-0.2, -0.15) is 0 Å². The zero-order chi connectivity index (χ0) is 13.9. The third-order valence-corrected chi connectivity index (χ3v) is 5.62. The largest absolute Gasteiger partial charge is 0.342 e. The van der Waals surface area contributed by atoms with Crippen LogP contribution in [0.3, 0.4) is 0 Å². The maximum Gasteiger partial charge on any atom is 0.225 e. The smallest absolute Gasteiger partial charge is 0.225 e. The molecule has 114 valence electrons. The van der Waals surface area contributed by atoms with E-state index in [4.69, 9.17) is 0 Å². The van der Waals surface area contributed by atoms with E-state index in [1.54, 1.807) is 0 Å². The summed E-state index contributed by atoms with van der Waals surface area (Å²) in [5.74, 6) is 1.71. The van der Waals surface area contributed by atoms with Gasteiger partial charge in [-0.3, -0.25) is 4.79 Å². The molecule has 0 bridgehead atoms. The van der Waals surface area contributed by atoms with Gasteiger partial charge in [-0.1, -0.05) is 26.2 Å². The van der Waals surface area contributed by atoms with Crippen LogP contribution in [0.15, 0.2) is 0 Å². The number of amides is 1. The van der Waals surface area contributed by atoms with Gasteiger partial charge in [0.05, 0.1) is 0 Å². The molecule has 20 heavy (non-hydrogen) atoms. The minimum absolute atomic E-state index is 0.391. The number of carbonyl (C=O) groups is 1. The van der Waals surface area contributed by atoms with E-state index in [1.807, 2.05) is 0 Å². The summed E-state index contributed by atoms with van der Waals surface area (Å²) < 4.78 is 0. The van der Waals surface area contributed by atoms with Gasteiger partial charge < -0.3 is 10.2 Å². The van der Waals surface area contributed by atoms with Crippen molar-refractivity contribution in [1.82, 2.24) is 10.2 Å². The van der Waals surface area contributed by atoms with Crippen molar-refractivity contribution >= 4 is 5.91 Å². The maximum absolute atomic E-state index is 12.1. The van der Waals surface area contributed by atoms with Crippen LogP contribution in [0.1, 0.15) is 64.7 Å². The van der Waals surface area contributed by atoms with E-state index >= 15 is 0 Å². The highest BCUT2D eigenvalue weighted by Crippen LogP contribution is 2.32. The number of likely N-dealkylation sites (tertiary alicyclic amines) is 1. The van der Waals surface area contributed by atoms with E-state index in [-0.39, 0.29) is 0 Å². The van der Waals surface area contributed by atoms with Crippen LogP contribution in [-0.4, -0.2) is 36.0 Å². The van der Waals surface area contributed by atoms with Gasteiger partial charge in [0, 0.05) is 31.1 Å². The predicted molar refractivity (Wildman–Crippen MR) is 81.5 cm³/mol. The Hall–Kier alpha value is -0.570. The quantitative estimate of drug-likeness (QED) is 0.857. The Balaban J connectivity index is 1.44. The Morgan fingerprint density at radius 2 is 1.75 bits per heavy atom. The molecule has 0 aromatic rings. The lowest BCUT2D eigenvalue weighted by atomic mass is 9.82. The molecule has 2 atom stereocenters. The topological polar surface area (TPSA) is 32.3 Å². The zero-order valence-electron chi connectivity index (χ0n) is 12.9. The number of nitrogens with zero attached hydrogens (tertiary/aromatic N) is 1. The van der Waals surface area contributed by atoms with Gasteiger partial charge in [-0.05, 0) is 44.4 Å². The first-order valence-corrected chi connectivity index (χ1v) is 8.82. The fourth-order valence-electron chi connectivity index (χ4n) is 4.07. The van der Waals surface area contributed by atoms with Gasteiger partial charge in [0.1, 0.15) is 0 Å². The Morgan fingerprint density at radius 1 is 1.05 bits per heavy atom. The van der Waals surface area contributed by atoms with Crippen molar-refractivity contribution in [2.24, 2.45) is 11.8 Å². The summed E-state index contributed by atoms with van der Waals surface area (Å²) >= 11 is 0. The van der Waals surface area contributed by atoms with Crippen LogP contribution >= 0.6 is 0 Å². The summed E-state index contributed by atoms with van der Waals surface area (Å²) in [7, 11) is 0. The summed E-state index contributed by atoms with van der Waals surface area (Å²) in [6.07, 6.45) is 11.5. The molecule has 3 aliphatic rings. The molecule has 1 heterocycles. The van der Waals surface area contributed by atoms with E-state index in [2.05, 4.69) is 17.1 Å². The summed E-state index contributed by atoms with van der Waals surface area (Å²) in [5.41, 5.74) is 0. The van der Waals surface area contributed by atoms with Crippen molar-refractivity contribution in [1.29, 1.82) is 0 Å². The second kappa shape index (κ2) is 6.46. The average Bonchev–Trinajstić information content (AvgIpc) is 3.32. The fraction of sp³-hybridized carbons (Fsp3) is 0.941. The second-order valence-corrected chi connectivity index (χ2v) is 7.10. The zero-order valence-corrected chi connectivity index (χ0v) is 12.9. The summed E-state index contributed by atoms with van der Waals surface area (Å²) in [6, 6.07) is 1.39. The van der Waals surface area contributed by atoms with Crippen LogP contribution in [0.5, 0.6) is 0 Å². The summed E-state index contributed by atoms with van der Waals surface area (Å²) in [4.78, 5) is 14.2. The van der Waals surface area contributed by atoms with E-state index < -0.39 is 0 Å². The first-order chi connectivity index (χ1) is 9.78. The van der Waals surface area contributed by atoms with Crippen LogP contribution < -0.4 is 5.32 Å². The first kappa shape index (κ1) is 14.4. The van der Waals surface area contributed by atoms with Crippen molar-refractivity contribution in [3.8, 4) is 0 Å². The van der Waals surface area contributed by atoms with Gasteiger partial charge in [-0.15, -0.1) is 0 Å². The lowest BCUT2D eigenvalue weighted by Crippen LogP contribution is -2.50. The van der Waals surface area contributed by atoms with Crippen LogP contribution in [0.2, 0.25) is 0 Å². The second-order valence-electron chi connectivity index (χ2n) is 7.10. The molecule has 3 fully saturated rings. The molecule has 2 aliphatic carbocycles. The monoisotopic (exact) mass is 278 g/mol. The fourth-order valence-corrected chi connectivity index (χ4v) is 4.07. The van der Waals surface area contributed by atoms with Crippen molar-refractivity contribution < 1.29 is 4.79 Å². The molecular weight excluding hydrogens is 248 g/mol. The third-order valence-electron chi connectivity index (χ3n) is 5.62. The number of carbonyl (C=O) groups excluding carboxylic acids is 1. The Bertz CT molecular complexity index is 332.